The standard InChI is InChI=1S/C14H15ClN2OS.BrH/c15-11-3-1-10(2-4-11)13-12(14(18)17-19-13)9-5-7-16-8-6-9;/h1-4,9,16H,5-8H2,(H,17,18);1H. The lowest BCUT2D eigenvalue weighted by molar-refractivity contribution is 0.418. The molecule has 1 fully saturated rings. The van der Waals surface area contributed by atoms with Gasteiger partial charge in [-0.2, -0.15) is 4.37 Å². The van der Waals surface area contributed by atoms with Gasteiger partial charge in [0.25, 0.3) is 0 Å². The average molecular weight is 376 g/mol. The molecule has 3 nitrogen and oxygen atoms in total. The number of aromatic hydroxyl groups is 1. The normalized spacial score (nSPS) is 15.8. The van der Waals surface area contributed by atoms with Gasteiger partial charge in [-0.3, -0.25) is 0 Å². The van der Waals surface area contributed by atoms with Gasteiger partial charge in [0.15, 0.2) is 0 Å². The molecule has 1 aromatic carbocycles. The third-order valence-electron chi connectivity index (χ3n) is 3.56. The van der Waals surface area contributed by atoms with Crippen molar-refractivity contribution in [3.8, 4) is 16.3 Å². The van der Waals surface area contributed by atoms with Crippen molar-refractivity contribution in [1.29, 1.82) is 0 Å². The molecule has 0 unspecified atom stereocenters. The molecule has 2 heterocycles. The highest BCUT2D eigenvalue weighted by Crippen LogP contribution is 2.42. The minimum absolute atomic E-state index is 0. The lowest BCUT2D eigenvalue weighted by Crippen LogP contribution is -2.26. The Morgan fingerprint density at radius 2 is 1.85 bits per heavy atom. The van der Waals surface area contributed by atoms with Crippen molar-refractivity contribution in [3.63, 3.8) is 0 Å². The maximum absolute atomic E-state index is 10.1. The summed E-state index contributed by atoms with van der Waals surface area (Å²) in [6.45, 7) is 2.00. The monoisotopic (exact) mass is 374 g/mol. The minimum Gasteiger partial charge on any atom is -0.492 e. The first-order valence-corrected chi connectivity index (χ1v) is 7.56. The van der Waals surface area contributed by atoms with Crippen LogP contribution >= 0.6 is 40.1 Å². The van der Waals surface area contributed by atoms with E-state index in [0.29, 0.717) is 5.92 Å². The molecule has 1 aromatic heterocycles. The smallest absolute Gasteiger partial charge is 0.226 e. The van der Waals surface area contributed by atoms with Gasteiger partial charge in [0.1, 0.15) is 0 Å². The first kappa shape index (κ1) is 15.8. The van der Waals surface area contributed by atoms with Gasteiger partial charge in [-0.05, 0) is 61.1 Å². The van der Waals surface area contributed by atoms with Gasteiger partial charge in [-0.1, -0.05) is 23.7 Å². The van der Waals surface area contributed by atoms with Crippen LogP contribution in [0.25, 0.3) is 10.4 Å². The second-order valence-corrected chi connectivity index (χ2v) is 5.99. The van der Waals surface area contributed by atoms with Crippen LogP contribution in [-0.4, -0.2) is 22.6 Å². The topological polar surface area (TPSA) is 45.2 Å². The number of hydrogen-bond donors (Lipinski definition) is 2. The quantitative estimate of drug-likeness (QED) is 0.826. The molecule has 0 saturated carbocycles. The van der Waals surface area contributed by atoms with Gasteiger partial charge in [-0.15, -0.1) is 17.0 Å². The fourth-order valence-corrected chi connectivity index (χ4v) is 3.58. The number of halogens is 2. The summed E-state index contributed by atoms with van der Waals surface area (Å²) in [6, 6.07) is 7.72. The van der Waals surface area contributed by atoms with Gasteiger partial charge in [-0.25, -0.2) is 0 Å². The van der Waals surface area contributed by atoms with E-state index in [-0.39, 0.29) is 22.9 Å². The molecule has 0 aliphatic carbocycles. The lowest BCUT2D eigenvalue weighted by atomic mass is 9.89. The van der Waals surface area contributed by atoms with Crippen LogP contribution in [0.15, 0.2) is 24.3 Å². The second-order valence-electron chi connectivity index (χ2n) is 4.78. The molecule has 0 radical (unpaired) electrons. The van der Waals surface area contributed by atoms with E-state index in [4.69, 9.17) is 11.6 Å². The van der Waals surface area contributed by atoms with Crippen molar-refractivity contribution in [2.75, 3.05) is 13.1 Å². The fourth-order valence-electron chi connectivity index (χ4n) is 2.58. The van der Waals surface area contributed by atoms with Crippen molar-refractivity contribution in [2.24, 2.45) is 0 Å². The predicted molar refractivity (Wildman–Crippen MR) is 89.4 cm³/mol. The fraction of sp³-hybridized carbons (Fsp3) is 0.357. The van der Waals surface area contributed by atoms with Crippen LogP contribution in [0.5, 0.6) is 5.88 Å². The van der Waals surface area contributed by atoms with E-state index in [1.54, 1.807) is 0 Å². The van der Waals surface area contributed by atoms with Crippen LogP contribution in [0.3, 0.4) is 0 Å². The molecule has 20 heavy (non-hydrogen) atoms. The van der Waals surface area contributed by atoms with Crippen LogP contribution in [0.4, 0.5) is 0 Å². The van der Waals surface area contributed by atoms with Crippen molar-refractivity contribution < 1.29 is 5.11 Å². The van der Waals surface area contributed by atoms with Crippen LogP contribution in [0, 0.1) is 0 Å². The number of aromatic nitrogens is 1. The summed E-state index contributed by atoms with van der Waals surface area (Å²) in [5.41, 5.74) is 2.09. The van der Waals surface area contributed by atoms with Crippen LogP contribution < -0.4 is 5.32 Å². The highest BCUT2D eigenvalue weighted by Gasteiger charge is 2.25. The molecule has 1 saturated heterocycles. The summed E-state index contributed by atoms with van der Waals surface area (Å²) < 4.78 is 4.13. The second kappa shape index (κ2) is 6.89. The van der Waals surface area contributed by atoms with Gasteiger partial charge in [0.2, 0.25) is 5.88 Å². The van der Waals surface area contributed by atoms with E-state index in [2.05, 4.69) is 9.69 Å². The van der Waals surface area contributed by atoms with Crippen molar-refractivity contribution in [2.45, 2.75) is 18.8 Å². The Morgan fingerprint density at radius 3 is 2.50 bits per heavy atom. The molecular weight excluding hydrogens is 360 g/mol. The summed E-state index contributed by atoms with van der Waals surface area (Å²) >= 11 is 7.29. The zero-order valence-electron chi connectivity index (χ0n) is 10.8. The third-order valence-corrected chi connectivity index (χ3v) is 4.72. The Bertz CT molecular complexity index is 567. The molecule has 1 aliphatic heterocycles. The Labute approximate surface area is 137 Å². The number of rotatable bonds is 2. The van der Waals surface area contributed by atoms with Gasteiger partial charge < -0.3 is 10.4 Å². The van der Waals surface area contributed by atoms with Crippen LogP contribution in [0.2, 0.25) is 5.02 Å². The van der Waals surface area contributed by atoms with E-state index in [9.17, 15) is 5.11 Å². The average Bonchev–Trinajstić information content (AvgIpc) is 2.82. The number of nitrogens with one attached hydrogen (secondary N) is 1. The molecule has 1 aliphatic rings. The molecular formula is C14H16BrClN2OS. The van der Waals surface area contributed by atoms with Crippen molar-refractivity contribution in [3.05, 3.63) is 34.9 Å². The molecule has 6 heteroatoms. The Kier molecular flexibility index (Phi) is 5.43. The molecule has 0 spiro atoms. The highest BCUT2D eigenvalue weighted by atomic mass is 79.9. The van der Waals surface area contributed by atoms with Gasteiger partial charge in [0.05, 0.1) is 4.88 Å². The predicted octanol–water partition coefficient (Wildman–Crippen LogP) is 4.21. The van der Waals surface area contributed by atoms with Crippen molar-refractivity contribution in [1.82, 2.24) is 9.69 Å². The maximum atomic E-state index is 10.1. The molecule has 3 rings (SSSR count). The Hall–Kier alpha value is -0.620. The molecule has 0 bridgehead atoms. The molecule has 0 atom stereocenters. The van der Waals surface area contributed by atoms with Crippen LogP contribution in [-0.2, 0) is 0 Å². The van der Waals surface area contributed by atoms with E-state index in [1.165, 1.54) is 11.5 Å². The van der Waals surface area contributed by atoms with Crippen LogP contribution in [0.1, 0.15) is 24.3 Å². The number of hydrogen-bond acceptors (Lipinski definition) is 4. The summed E-state index contributed by atoms with van der Waals surface area (Å²) in [7, 11) is 0. The van der Waals surface area contributed by atoms with E-state index >= 15 is 0 Å². The van der Waals surface area contributed by atoms with E-state index in [0.717, 1.165) is 47.0 Å². The summed E-state index contributed by atoms with van der Waals surface area (Å²) in [4.78, 5) is 1.07. The molecule has 0 amide bonds. The number of nitrogens with zero attached hydrogens (tertiary/aromatic N) is 1. The minimum atomic E-state index is 0. The Morgan fingerprint density at radius 1 is 1.20 bits per heavy atom. The zero-order valence-corrected chi connectivity index (χ0v) is 14.1. The van der Waals surface area contributed by atoms with Gasteiger partial charge in [0, 0.05) is 10.6 Å². The maximum Gasteiger partial charge on any atom is 0.226 e. The summed E-state index contributed by atoms with van der Waals surface area (Å²) in [6.07, 6.45) is 2.10. The summed E-state index contributed by atoms with van der Waals surface area (Å²) in [5.74, 6) is 0.590. The lowest BCUT2D eigenvalue weighted by Gasteiger charge is -2.23. The third kappa shape index (κ3) is 3.17. The van der Waals surface area contributed by atoms with Crippen molar-refractivity contribution >= 4 is 40.1 Å². The number of benzene rings is 1. The molecule has 108 valence electrons. The first-order valence-electron chi connectivity index (χ1n) is 6.41. The molecule has 2 aromatic rings. The molecule has 2 N–H and O–H groups in total. The highest BCUT2D eigenvalue weighted by molar-refractivity contribution is 8.93. The van der Waals surface area contributed by atoms with Gasteiger partial charge >= 0.3 is 0 Å². The summed E-state index contributed by atoms with van der Waals surface area (Å²) in [5, 5.41) is 14.1. The van der Waals surface area contributed by atoms with E-state index < -0.39 is 0 Å². The largest absolute Gasteiger partial charge is 0.492 e. The van der Waals surface area contributed by atoms with E-state index in [1.807, 2.05) is 24.3 Å². The Balaban J connectivity index is 0.00000147. The zero-order chi connectivity index (χ0) is 13.2. The first-order chi connectivity index (χ1) is 9.25. The SMILES string of the molecule is Br.Oc1nsc(-c2ccc(Cl)cc2)c1C1CCNCC1. The number of piperidine rings is 1.